The fourth-order valence-electron chi connectivity index (χ4n) is 4.34. The molecule has 5 rings (SSSR count). The molecule has 0 fully saturated rings. The highest BCUT2D eigenvalue weighted by Gasteiger charge is 2.42. The number of hydrogen-bond donors (Lipinski definition) is 1. The highest BCUT2D eigenvalue weighted by molar-refractivity contribution is 6.01. The summed E-state index contributed by atoms with van der Waals surface area (Å²) >= 11 is 0. The molecular formula is C27H24FN3O3. The minimum Gasteiger partial charge on any atom is -0.489 e. The van der Waals surface area contributed by atoms with Crippen LogP contribution in [0.4, 0.5) is 9.18 Å². The lowest BCUT2D eigenvalue weighted by Gasteiger charge is -2.31. The van der Waals surface area contributed by atoms with Gasteiger partial charge < -0.3 is 15.0 Å². The zero-order valence-electron chi connectivity index (χ0n) is 18.7. The second-order valence-electron chi connectivity index (χ2n) is 8.44. The maximum absolute atomic E-state index is 13.4. The normalized spacial score (nSPS) is 17.6. The first kappa shape index (κ1) is 21.7. The number of likely N-dealkylation sites (N-methyl/N-ethyl adjacent to an activating group) is 1. The topological polar surface area (TPSA) is 61.9 Å². The maximum Gasteiger partial charge on any atom is 0.322 e. The molecule has 1 N–H and O–H groups in total. The lowest BCUT2D eigenvalue weighted by molar-refractivity contribution is -0.126. The number of amides is 3. The molecule has 34 heavy (non-hydrogen) atoms. The first-order chi connectivity index (χ1) is 16.5. The van der Waals surface area contributed by atoms with Gasteiger partial charge in [-0.1, -0.05) is 54.6 Å². The number of rotatable bonds is 6. The Morgan fingerprint density at radius 3 is 2.50 bits per heavy atom. The molecule has 2 aliphatic heterocycles. The quantitative estimate of drug-likeness (QED) is 0.597. The Hall–Kier alpha value is -4.13. The number of benzene rings is 3. The second kappa shape index (κ2) is 9.02. The molecule has 7 heteroatoms. The van der Waals surface area contributed by atoms with Gasteiger partial charge in [-0.3, -0.25) is 9.69 Å². The number of hydrogen-bond acceptors (Lipinski definition) is 3. The van der Waals surface area contributed by atoms with Gasteiger partial charge in [-0.25, -0.2) is 9.18 Å². The van der Waals surface area contributed by atoms with Gasteiger partial charge in [0.1, 0.15) is 18.2 Å². The number of halogens is 1. The molecule has 6 nitrogen and oxygen atoms in total. The predicted octanol–water partition coefficient (Wildman–Crippen LogP) is 4.40. The van der Waals surface area contributed by atoms with E-state index in [2.05, 4.69) is 5.32 Å². The van der Waals surface area contributed by atoms with Gasteiger partial charge >= 0.3 is 6.03 Å². The third-order valence-electron chi connectivity index (χ3n) is 6.16. The van der Waals surface area contributed by atoms with Crippen LogP contribution in [0.2, 0.25) is 0 Å². The van der Waals surface area contributed by atoms with Gasteiger partial charge in [0.25, 0.3) is 5.91 Å². The summed E-state index contributed by atoms with van der Waals surface area (Å²) in [5.74, 6) is 0.190. The van der Waals surface area contributed by atoms with E-state index < -0.39 is 6.04 Å². The van der Waals surface area contributed by atoms with Crippen LogP contribution in [0.5, 0.6) is 5.75 Å². The molecule has 0 aromatic heterocycles. The highest BCUT2D eigenvalue weighted by atomic mass is 19.1. The van der Waals surface area contributed by atoms with Gasteiger partial charge in [0.15, 0.2) is 0 Å². The Kier molecular flexibility index (Phi) is 5.76. The second-order valence-corrected chi connectivity index (χ2v) is 8.44. The van der Waals surface area contributed by atoms with Crippen molar-refractivity contribution in [1.82, 2.24) is 15.1 Å². The average Bonchev–Trinajstić information content (AvgIpc) is 3.18. The molecule has 3 amide bonds. The van der Waals surface area contributed by atoms with Gasteiger partial charge in [-0.15, -0.1) is 0 Å². The summed E-state index contributed by atoms with van der Waals surface area (Å²) in [5, 5.41) is 2.95. The van der Waals surface area contributed by atoms with E-state index in [1.807, 2.05) is 54.6 Å². The van der Waals surface area contributed by atoms with Crippen molar-refractivity contribution in [2.24, 2.45) is 0 Å². The number of urea groups is 1. The Morgan fingerprint density at radius 1 is 0.971 bits per heavy atom. The van der Waals surface area contributed by atoms with Gasteiger partial charge in [-0.2, -0.15) is 0 Å². The Labute approximate surface area is 197 Å². The number of nitrogens with one attached hydrogen (secondary N) is 1. The average molecular weight is 458 g/mol. The van der Waals surface area contributed by atoms with Gasteiger partial charge in [0, 0.05) is 13.6 Å². The van der Waals surface area contributed by atoms with E-state index in [4.69, 9.17) is 4.74 Å². The third kappa shape index (κ3) is 4.24. The van der Waals surface area contributed by atoms with Gasteiger partial charge in [0.2, 0.25) is 0 Å². The van der Waals surface area contributed by atoms with Crippen molar-refractivity contribution in [3.63, 3.8) is 0 Å². The van der Waals surface area contributed by atoms with Crippen molar-refractivity contribution in [1.29, 1.82) is 0 Å². The maximum atomic E-state index is 13.4. The number of carbonyl (C=O) groups excluding carboxylic acids is 2. The van der Waals surface area contributed by atoms with Crippen LogP contribution in [0.25, 0.3) is 0 Å². The smallest absolute Gasteiger partial charge is 0.322 e. The van der Waals surface area contributed by atoms with E-state index >= 15 is 0 Å². The van der Waals surface area contributed by atoms with Crippen LogP contribution < -0.4 is 10.1 Å². The van der Waals surface area contributed by atoms with Crippen molar-refractivity contribution in [3.8, 4) is 5.75 Å². The Balaban J connectivity index is 1.39. The van der Waals surface area contributed by atoms with Crippen molar-refractivity contribution in [3.05, 3.63) is 113 Å². The standard InChI is InChI=1S/C27H24FN3O3/c1-30-23-16-31(15-18-10-12-21(28)13-11-18)26(32)24(23)25(29-27(30)33)20-8-5-9-22(14-20)34-17-19-6-3-2-4-7-19/h2-14,25H,15-17H2,1H3,(H,29,33). The van der Waals surface area contributed by atoms with Gasteiger partial charge in [-0.05, 0) is 41.0 Å². The molecule has 0 aliphatic carbocycles. The number of carbonyl (C=O) groups is 2. The van der Waals surface area contributed by atoms with E-state index in [0.717, 1.165) is 16.7 Å². The molecule has 2 aliphatic rings. The van der Waals surface area contributed by atoms with Crippen molar-refractivity contribution < 1.29 is 18.7 Å². The van der Waals surface area contributed by atoms with Crippen LogP contribution in [-0.4, -0.2) is 35.3 Å². The third-order valence-corrected chi connectivity index (χ3v) is 6.16. The van der Waals surface area contributed by atoms with Crippen LogP contribution in [0.1, 0.15) is 22.7 Å². The van der Waals surface area contributed by atoms with E-state index in [-0.39, 0.29) is 17.8 Å². The van der Waals surface area contributed by atoms with E-state index in [0.29, 0.717) is 36.7 Å². The summed E-state index contributed by atoms with van der Waals surface area (Å²) in [7, 11) is 1.66. The fourth-order valence-corrected chi connectivity index (χ4v) is 4.34. The van der Waals surface area contributed by atoms with Crippen molar-refractivity contribution in [2.45, 2.75) is 19.2 Å². The first-order valence-corrected chi connectivity index (χ1v) is 11.1. The fraction of sp³-hybridized carbons (Fsp3) is 0.185. The molecule has 0 radical (unpaired) electrons. The molecule has 2 heterocycles. The zero-order valence-corrected chi connectivity index (χ0v) is 18.7. The molecule has 0 bridgehead atoms. The highest BCUT2D eigenvalue weighted by Crippen LogP contribution is 2.37. The van der Waals surface area contributed by atoms with E-state index in [9.17, 15) is 14.0 Å². The van der Waals surface area contributed by atoms with Gasteiger partial charge in [0.05, 0.1) is 23.9 Å². The predicted molar refractivity (Wildman–Crippen MR) is 125 cm³/mol. The van der Waals surface area contributed by atoms with Crippen LogP contribution in [0.3, 0.4) is 0 Å². The molecule has 3 aromatic carbocycles. The van der Waals surface area contributed by atoms with E-state index in [1.165, 1.54) is 17.0 Å². The van der Waals surface area contributed by atoms with Crippen LogP contribution in [0, 0.1) is 5.82 Å². The van der Waals surface area contributed by atoms with Crippen LogP contribution in [0.15, 0.2) is 90.1 Å². The van der Waals surface area contributed by atoms with Crippen molar-refractivity contribution in [2.75, 3.05) is 13.6 Å². The van der Waals surface area contributed by atoms with Crippen LogP contribution >= 0.6 is 0 Å². The molecule has 3 aromatic rings. The molecule has 0 saturated heterocycles. The zero-order chi connectivity index (χ0) is 23.7. The Morgan fingerprint density at radius 2 is 1.74 bits per heavy atom. The minimum atomic E-state index is -0.579. The lowest BCUT2D eigenvalue weighted by atomic mass is 9.95. The molecule has 0 saturated carbocycles. The molecule has 1 atom stereocenters. The summed E-state index contributed by atoms with van der Waals surface area (Å²) in [6.07, 6.45) is 0. The summed E-state index contributed by atoms with van der Waals surface area (Å²) in [6, 6.07) is 22.6. The largest absolute Gasteiger partial charge is 0.489 e. The first-order valence-electron chi connectivity index (χ1n) is 11.1. The summed E-state index contributed by atoms with van der Waals surface area (Å²) in [6.45, 7) is 1.07. The summed E-state index contributed by atoms with van der Waals surface area (Å²) in [4.78, 5) is 29.3. The number of ether oxygens (including phenoxy) is 1. The SMILES string of the molecule is CN1C(=O)NC(c2cccc(OCc3ccccc3)c2)C2=C1CN(Cc1ccc(F)cc1)C2=O. The van der Waals surface area contributed by atoms with E-state index in [1.54, 1.807) is 24.1 Å². The molecule has 1 unspecified atom stereocenters. The molecule has 172 valence electrons. The summed E-state index contributed by atoms with van der Waals surface area (Å²) < 4.78 is 19.2. The minimum absolute atomic E-state index is 0.146. The lowest BCUT2D eigenvalue weighted by Crippen LogP contribution is -2.45. The van der Waals surface area contributed by atoms with Crippen LogP contribution in [-0.2, 0) is 17.9 Å². The molecular weight excluding hydrogens is 433 g/mol. The summed E-state index contributed by atoms with van der Waals surface area (Å²) in [5.41, 5.74) is 3.87. The number of nitrogens with zero attached hydrogens (tertiary/aromatic N) is 2. The Bertz CT molecular complexity index is 1260. The monoisotopic (exact) mass is 457 g/mol. The van der Waals surface area contributed by atoms with Crippen molar-refractivity contribution >= 4 is 11.9 Å². The molecule has 0 spiro atoms.